The van der Waals surface area contributed by atoms with E-state index in [-0.39, 0.29) is 5.91 Å². The van der Waals surface area contributed by atoms with E-state index in [9.17, 15) is 4.79 Å². The van der Waals surface area contributed by atoms with Gasteiger partial charge in [-0.05, 0) is 6.07 Å². The van der Waals surface area contributed by atoms with Crippen LogP contribution in [-0.2, 0) is 0 Å². The van der Waals surface area contributed by atoms with Crippen LogP contribution in [0.1, 0.15) is 9.67 Å². The molecule has 16 heavy (non-hydrogen) atoms. The first-order valence-corrected chi connectivity index (χ1v) is 5.71. The van der Waals surface area contributed by atoms with Gasteiger partial charge in [-0.3, -0.25) is 4.79 Å². The van der Waals surface area contributed by atoms with E-state index in [1.165, 1.54) is 11.3 Å². The van der Waals surface area contributed by atoms with Gasteiger partial charge in [0.15, 0.2) is 0 Å². The Labute approximate surface area is 97.6 Å². The van der Waals surface area contributed by atoms with Crippen LogP contribution in [0.4, 0.5) is 5.69 Å². The number of anilines is 1. The van der Waals surface area contributed by atoms with Crippen molar-refractivity contribution in [3.05, 3.63) is 41.8 Å². The van der Waals surface area contributed by atoms with Crippen molar-refractivity contribution in [1.29, 1.82) is 0 Å². The highest BCUT2D eigenvalue weighted by Gasteiger charge is 2.14. The molecular weight excluding hydrogens is 220 g/mol. The summed E-state index contributed by atoms with van der Waals surface area (Å²) in [6.45, 7) is 4.00. The molecule has 2 rings (SSSR count). The Hall–Kier alpha value is -1.81. The SMILES string of the molecule is C=CCNC(=O)c1sc2ccccc2c1N. The molecule has 0 saturated carbocycles. The Morgan fingerprint density at radius 2 is 2.25 bits per heavy atom. The van der Waals surface area contributed by atoms with Gasteiger partial charge in [0.1, 0.15) is 4.88 Å². The van der Waals surface area contributed by atoms with E-state index in [0.29, 0.717) is 17.1 Å². The van der Waals surface area contributed by atoms with Crippen molar-refractivity contribution >= 4 is 33.0 Å². The van der Waals surface area contributed by atoms with Crippen LogP contribution in [0.25, 0.3) is 10.1 Å². The third-order valence-electron chi connectivity index (χ3n) is 2.25. The number of nitrogens with one attached hydrogen (secondary N) is 1. The van der Waals surface area contributed by atoms with Crippen molar-refractivity contribution < 1.29 is 4.79 Å². The molecule has 0 fully saturated rings. The molecule has 1 heterocycles. The largest absolute Gasteiger partial charge is 0.397 e. The van der Waals surface area contributed by atoms with Gasteiger partial charge in [0.05, 0.1) is 5.69 Å². The minimum absolute atomic E-state index is 0.140. The lowest BCUT2D eigenvalue weighted by atomic mass is 10.2. The summed E-state index contributed by atoms with van der Waals surface area (Å²) in [5.41, 5.74) is 6.49. The second-order valence-corrected chi connectivity index (χ2v) is 4.39. The molecule has 0 unspecified atom stereocenters. The number of amides is 1. The first-order chi connectivity index (χ1) is 7.74. The minimum Gasteiger partial charge on any atom is -0.397 e. The summed E-state index contributed by atoms with van der Waals surface area (Å²) in [6.07, 6.45) is 1.64. The fourth-order valence-electron chi connectivity index (χ4n) is 1.48. The van der Waals surface area contributed by atoms with Crippen molar-refractivity contribution in [1.82, 2.24) is 5.32 Å². The van der Waals surface area contributed by atoms with Crippen LogP contribution in [-0.4, -0.2) is 12.5 Å². The summed E-state index contributed by atoms with van der Waals surface area (Å²) in [5, 5.41) is 3.66. The van der Waals surface area contributed by atoms with Crippen LogP contribution in [0.15, 0.2) is 36.9 Å². The second kappa shape index (κ2) is 4.37. The van der Waals surface area contributed by atoms with Crippen molar-refractivity contribution in [2.45, 2.75) is 0 Å². The predicted octanol–water partition coefficient (Wildman–Crippen LogP) is 2.40. The highest BCUT2D eigenvalue weighted by atomic mass is 32.1. The Morgan fingerprint density at radius 1 is 1.50 bits per heavy atom. The third kappa shape index (κ3) is 1.79. The molecule has 0 bridgehead atoms. The van der Waals surface area contributed by atoms with E-state index in [2.05, 4.69) is 11.9 Å². The zero-order chi connectivity index (χ0) is 11.5. The quantitative estimate of drug-likeness (QED) is 0.798. The lowest BCUT2D eigenvalue weighted by Crippen LogP contribution is -2.22. The van der Waals surface area contributed by atoms with Crippen molar-refractivity contribution in [3.8, 4) is 0 Å². The number of carbonyl (C=O) groups excluding carboxylic acids is 1. The predicted molar refractivity (Wildman–Crippen MR) is 68.8 cm³/mol. The molecule has 3 nitrogen and oxygen atoms in total. The van der Waals surface area contributed by atoms with Gasteiger partial charge in [-0.25, -0.2) is 0 Å². The van der Waals surface area contributed by atoms with Crippen LogP contribution in [0.3, 0.4) is 0 Å². The van der Waals surface area contributed by atoms with Crippen LogP contribution >= 0.6 is 11.3 Å². The highest BCUT2D eigenvalue weighted by molar-refractivity contribution is 7.21. The summed E-state index contributed by atoms with van der Waals surface area (Å²) in [4.78, 5) is 12.3. The number of thiophene rings is 1. The first-order valence-electron chi connectivity index (χ1n) is 4.90. The number of benzene rings is 1. The van der Waals surface area contributed by atoms with Crippen LogP contribution in [0.2, 0.25) is 0 Å². The van der Waals surface area contributed by atoms with Gasteiger partial charge in [-0.2, -0.15) is 0 Å². The number of nitrogen functional groups attached to an aromatic ring is 1. The van der Waals surface area contributed by atoms with Gasteiger partial charge in [0, 0.05) is 16.6 Å². The van der Waals surface area contributed by atoms with Crippen LogP contribution in [0, 0.1) is 0 Å². The molecule has 0 aliphatic heterocycles. The highest BCUT2D eigenvalue weighted by Crippen LogP contribution is 2.33. The Morgan fingerprint density at radius 3 is 2.94 bits per heavy atom. The van der Waals surface area contributed by atoms with Crippen LogP contribution < -0.4 is 11.1 Å². The normalized spacial score (nSPS) is 10.2. The van der Waals surface area contributed by atoms with Crippen molar-refractivity contribution in [3.63, 3.8) is 0 Å². The number of fused-ring (bicyclic) bond motifs is 1. The number of hydrogen-bond donors (Lipinski definition) is 2. The molecule has 82 valence electrons. The fourth-order valence-corrected chi connectivity index (χ4v) is 2.52. The molecule has 0 aliphatic rings. The molecule has 1 aromatic heterocycles. The van der Waals surface area contributed by atoms with E-state index in [0.717, 1.165) is 10.1 Å². The molecule has 0 atom stereocenters. The standard InChI is InChI=1S/C12H12N2OS/c1-2-7-14-12(15)11-10(13)8-5-3-4-6-9(8)16-11/h2-6H,1,7,13H2,(H,14,15). The topological polar surface area (TPSA) is 55.1 Å². The molecular formula is C12H12N2OS. The first kappa shape index (κ1) is 10.7. The third-order valence-corrected chi connectivity index (χ3v) is 3.43. The van der Waals surface area contributed by atoms with Gasteiger partial charge >= 0.3 is 0 Å². The van der Waals surface area contributed by atoms with Crippen LogP contribution in [0.5, 0.6) is 0 Å². The molecule has 4 heteroatoms. The molecule has 0 aliphatic carbocycles. The van der Waals surface area contributed by atoms with E-state index < -0.39 is 0 Å². The minimum atomic E-state index is -0.140. The summed E-state index contributed by atoms with van der Waals surface area (Å²) in [5.74, 6) is -0.140. The Bertz CT molecular complexity index is 545. The Kier molecular flexibility index (Phi) is 2.92. The Balaban J connectivity index is 2.41. The molecule has 2 aromatic rings. The number of nitrogens with two attached hydrogens (primary N) is 1. The van der Waals surface area contributed by atoms with Gasteiger partial charge in [-0.1, -0.05) is 24.3 Å². The average molecular weight is 232 g/mol. The zero-order valence-corrected chi connectivity index (χ0v) is 9.51. The smallest absolute Gasteiger partial charge is 0.263 e. The summed E-state index contributed by atoms with van der Waals surface area (Å²) >= 11 is 1.41. The van der Waals surface area contributed by atoms with Crippen molar-refractivity contribution in [2.24, 2.45) is 0 Å². The van der Waals surface area contributed by atoms with Gasteiger partial charge < -0.3 is 11.1 Å². The molecule has 0 radical (unpaired) electrons. The van der Waals surface area contributed by atoms with Crippen molar-refractivity contribution in [2.75, 3.05) is 12.3 Å². The van der Waals surface area contributed by atoms with Gasteiger partial charge in [-0.15, -0.1) is 17.9 Å². The van der Waals surface area contributed by atoms with E-state index in [4.69, 9.17) is 5.73 Å². The number of rotatable bonds is 3. The van der Waals surface area contributed by atoms with Gasteiger partial charge in [0.25, 0.3) is 5.91 Å². The monoisotopic (exact) mass is 232 g/mol. The molecule has 1 aromatic carbocycles. The lowest BCUT2D eigenvalue weighted by Gasteiger charge is -1.99. The maximum absolute atomic E-state index is 11.8. The molecule has 3 N–H and O–H groups in total. The van der Waals surface area contributed by atoms with Gasteiger partial charge in [0.2, 0.25) is 0 Å². The van der Waals surface area contributed by atoms with E-state index in [1.54, 1.807) is 6.08 Å². The number of hydrogen-bond acceptors (Lipinski definition) is 3. The lowest BCUT2D eigenvalue weighted by molar-refractivity contribution is 0.0963. The molecule has 0 saturated heterocycles. The average Bonchev–Trinajstić information content (AvgIpc) is 2.64. The van der Waals surface area contributed by atoms with E-state index in [1.807, 2.05) is 24.3 Å². The summed E-state index contributed by atoms with van der Waals surface area (Å²) in [6, 6.07) is 7.73. The number of carbonyl (C=O) groups is 1. The maximum Gasteiger partial charge on any atom is 0.263 e. The fraction of sp³-hybridized carbons (Fsp3) is 0.0833. The molecule has 1 amide bonds. The van der Waals surface area contributed by atoms with E-state index >= 15 is 0 Å². The summed E-state index contributed by atoms with van der Waals surface area (Å²) < 4.78 is 1.03. The summed E-state index contributed by atoms with van der Waals surface area (Å²) in [7, 11) is 0. The maximum atomic E-state index is 11.8. The molecule has 0 spiro atoms. The second-order valence-electron chi connectivity index (χ2n) is 3.34. The zero-order valence-electron chi connectivity index (χ0n) is 8.69.